The summed E-state index contributed by atoms with van der Waals surface area (Å²) in [5.41, 5.74) is 2.07. The van der Waals surface area contributed by atoms with Gasteiger partial charge in [-0.05, 0) is 47.9 Å². The first-order valence-corrected chi connectivity index (χ1v) is 10.2. The summed E-state index contributed by atoms with van der Waals surface area (Å²) < 4.78 is 8.38. The molecule has 1 atom stereocenters. The molecule has 2 aromatic heterocycles. The van der Waals surface area contributed by atoms with Crippen LogP contribution in [0.25, 0.3) is 10.2 Å². The fourth-order valence-electron chi connectivity index (χ4n) is 2.77. The van der Waals surface area contributed by atoms with Gasteiger partial charge in [0.15, 0.2) is 5.13 Å². The van der Waals surface area contributed by atoms with Gasteiger partial charge in [0, 0.05) is 6.61 Å². The van der Waals surface area contributed by atoms with Gasteiger partial charge in [-0.1, -0.05) is 29.2 Å². The Balaban J connectivity index is 1.34. The van der Waals surface area contributed by atoms with Crippen molar-refractivity contribution in [2.24, 2.45) is 0 Å². The summed E-state index contributed by atoms with van der Waals surface area (Å²) in [7, 11) is 0. The second kappa shape index (κ2) is 7.68. The van der Waals surface area contributed by atoms with E-state index in [9.17, 15) is 4.79 Å². The van der Waals surface area contributed by atoms with Crippen LogP contribution in [0.1, 0.15) is 18.4 Å². The van der Waals surface area contributed by atoms with E-state index in [1.54, 1.807) is 4.68 Å². The van der Waals surface area contributed by atoms with Crippen LogP contribution in [0.15, 0.2) is 23.4 Å². The molecular weight excluding hydrogens is 372 g/mol. The third kappa shape index (κ3) is 4.02. The summed E-state index contributed by atoms with van der Waals surface area (Å²) in [6.07, 6.45) is 2.24. The summed E-state index contributed by atoms with van der Waals surface area (Å²) in [6.45, 7) is 3.45. The van der Waals surface area contributed by atoms with Crippen LogP contribution in [0.3, 0.4) is 0 Å². The first-order chi connectivity index (χ1) is 12.7. The smallest absolute Gasteiger partial charge is 0.236 e. The van der Waals surface area contributed by atoms with E-state index in [-0.39, 0.29) is 17.8 Å². The molecule has 4 rings (SSSR count). The molecule has 1 aliphatic rings. The number of hydrogen-bond donors (Lipinski definition) is 1. The van der Waals surface area contributed by atoms with Gasteiger partial charge in [-0.15, -0.1) is 5.10 Å². The van der Waals surface area contributed by atoms with Gasteiger partial charge in [-0.25, -0.2) is 9.67 Å². The van der Waals surface area contributed by atoms with Crippen LogP contribution < -0.4 is 5.32 Å². The quantitative estimate of drug-likeness (QED) is 0.646. The zero-order chi connectivity index (χ0) is 17.9. The van der Waals surface area contributed by atoms with Gasteiger partial charge >= 0.3 is 0 Å². The van der Waals surface area contributed by atoms with Gasteiger partial charge in [0.1, 0.15) is 0 Å². The molecule has 0 radical (unpaired) electrons. The van der Waals surface area contributed by atoms with Crippen LogP contribution in [0.2, 0.25) is 0 Å². The van der Waals surface area contributed by atoms with Crippen LogP contribution in [0.4, 0.5) is 5.13 Å². The maximum Gasteiger partial charge on any atom is 0.236 e. The molecule has 10 heteroatoms. The van der Waals surface area contributed by atoms with Gasteiger partial charge in [-0.2, -0.15) is 0 Å². The molecule has 0 unspecified atom stereocenters. The molecule has 1 N–H and O–H groups in total. The lowest BCUT2D eigenvalue weighted by atomic mass is 10.2. The number of nitrogens with zero attached hydrogens (tertiary/aromatic N) is 5. The molecule has 1 aliphatic heterocycles. The van der Waals surface area contributed by atoms with E-state index in [0.717, 1.165) is 29.7 Å². The van der Waals surface area contributed by atoms with Crippen LogP contribution in [-0.2, 0) is 16.1 Å². The van der Waals surface area contributed by atoms with Crippen molar-refractivity contribution in [1.29, 1.82) is 0 Å². The number of hydrogen-bond acceptors (Lipinski definition) is 8. The SMILES string of the molecule is Cc1ccc2nc(NC(=O)CSc3nnnn3C[C@@H]3CCCO3)sc2c1. The number of amides is 1. The third-order valence-electron chi connectivity index (χ3n) is 4.02. The lowest BCUT2D eigenvalue weighted by Crippen LogP contribution is -2.18. The predicted octanol–water partition coefficient (Wildman–Crippen LogP) is 2.50. The Hall–Kier alpha value is -2.04. The molecule has 0 saturated carbocycles. The Morgan fingerprint density at radius 1 is 1.50 bits per heavy atom. The average Bonchev–Trinajstić information content (AvgIpc) is 3.34. The number of carbonyl (C=O) groups excluding carboxylic acids is 1. The Bertz CT molecular complexity index is 919. The highest BCUT2D eigenvalue weighted by molar-refractivity contribution is 7.99. The molecule has 1 fully saturated rings. The first-order valence-electron chi connectivity index (χ1n) is 8.35. The minimum absolute atomic E-state index is 0.127. The molecule has 26 heavy (non-hydrogen) atoms. The summed E-state index contributed by atoms with van der Waals surface area (Å²) in [4.78, 5) is 16.7. The molecule has 8 nitrogen and oxygen atoms in total. The number of fused-ring (bicyclic) bond motifs is 1. The monoisotopic (exact) mass is 390 g/mol. The van der Waals surface area contributed by atoms with Crippen LogP contribution in [0.5, 0.6) is 0 Å². The van der Waals surface area contributed by atoms with Gasteiger partial charge in [0.25, 0.3) is 0 Å². The average molecular weight is 390 g/mol. The number of thiazole rings is 1. The molecule has 136 valence electrons. The Labute approximate surface area is 158 Å². The highest BCUT2D eigenvalue weighted by Crippen LogP contribution is 2.27. The largest absolute Gasteiger partial charge is 0.376 e. The van der Waals surface area contributed by atoms with E-state index >= 15 is 0 Å². The van der Waals surface area contributed by atoms with E-state index in [0.29, 0.717) is 16.8 Å². The standard InChI is InChI=1S/C16H18N6O2S2/c1-10-4-5-12-13(7-10)26-15(17-12)18-14(23)9-25-16-19-20-21-22(16)8-11-3-2-6-24-11/h4-5,7,11H,2-3,6,8-9H2,1H3,(H,17,18,23)/t11-/m0/s1. The van der Waals surface area contributed by atoms with Crippen molar-refractivity contribution >= 4 is 44.4 Å². The minimum atomic E-state index is -0.127. The number of ether oxygens (including phenoxy) is 1. The maximum absolute atomic E-state index is 12.2. The van der Waals surface area contributed by atoms with Crippen molar-refractivity contribution in [2.75, 3.05) is 17.7 Å². The number of rotatable bonds is 6. The number of nitrogens with one attached hydrogen (secondary N) is 1. The van der Waals surface area contributed by atoms with Gasteiger partial charge in [-0.3, -0.25) is 4.79 Å². The molecule has 1 amide bonds. The molecule has 1 aromatic carbocycles. The molecule has 0 aliphatic carbocycles. The number of tetrazole rings is 1. The summed E-state index contributed by atoms with van der Waals surface area (Å²) >= 11 is 2.78. The van der Waals surface area contributed by atoms with Crippen LogP contribution in [0, 0.1) is 6.92 Å². The van der Waals surface area contributed by atoms with Crippen molar-refractivity contribution in [3.8, 4) is 0 Å². The fourth-order valence-corrected chi connectivity index (χ4v) is 4.43. The summed E-state index contributed by atoms with van der Waals surface area (Å²) in [5, 5.41) is 15.8. The molecule has 3 heterocycles. The zero-order valence-corrected chi connectivity index (χ0v) is 15.8. The number of aryl methyl sites for hydroxylation is 1. The lowest BCUT2D eigenvalue weighted by Gasteiger charge is -2.09. The second-order valence-electron chi connectivity index (χ2n) is 6.11. The van der Waals surface area contributed by atoms with Crippen molar-refractivity contribution in [2.45, 2.75) is 37.6 Å². The number of thioether (sulfide) groups is 1. The Kier molecular flexibility index (Phi) is 5.14. The molecule has 1 saturated heterocycles. The Morgan fingerprint density at radius 2 is 2.42 bits per heavy atom. The van der Waals surface area contributed by atoms with Crippen LogP contribution in [-0.4, -0.2) is 49.6 Å². The second-order valence-corrected chi connectivity index (χ2v) is 8.08. The highest BCUT2D eigenvalue weighted by atomic mass is 32.2. The van der Waals surface area contributed by atoms with Crippen molar-refractivity contribution in [3.05, 3.63) is 23.8 Å². The third-order valence-corrected chi connectivity index (χ3v) is 5.91. The van der Waals surface area contributed by atoms with E-state index < -0.39 is 0 Å². The topological polar surface area (TPSA) is 94.8 Å². The number of anilines is 1. The van der Waals surface area contributed by atoms with Gasteiger partial charge in [0.05, 0.1) is 28.6 Å². The van der Waals surface area contributed by atoms with Crippen molar-refractivity contribution < 1.29 is 9.53 Å². The molecule has 0 spiro atoms. The summed E-state index contributed by atoms with van der Waals surface area (Å²) in [6, 6.07) is 6.04. The maximum atomic E-state index is 12.2. The van der Waals surface area contributed by atoms with Crippen molar-refractivity contribution in [1.82, 2.24) is 25.2 Å². The minimum Gasteiger partial charge on any atom is -0.376 e. The fraction of sp³-hybridized carbons (Fsp3) is 0.438. The van der Waals surface area contributed by atoms with E-state index in [4.69, 9.17) is 4.74 Å². The zero-order valence-electron chi connectivity index (χ0n) is 14.2. The molecule has 3 aromatic rings. The van der Waals surface area contributed by atoms with Crippen molar-refractivity contribution in [3.63, 3.8) is 0 Å². The Morgan fingerprint density at radius 3 is 3.27 bits per heavy atom. The predicted molar refractivity (Wildman–Crippen MR) is 101 cm³/mol. The number of aromatic nitrogens is 5. The first kappa shape index (κ1) is 17.4. The van der Waals surface area contributed by atoms with E-state index in [1.165, 1.54) is 28.7 Å². The van der Waals surface area contributed by atoms with Crippen LogP contribution >= 0.6 is 23.1 Å². The normalized spacial score (nSPS) is 17.0. The highest BCUT2D eigenvalue weighted by Gasteiger charge is 2.19. The molecular formula is C16H18N6O2S2. The van der Waals surface area contributed by atoms with Gasteiger partial charge < -0.3 is 10.1 Å². The van der Waals surface area contributed by atoms with E-state index in [2.05, 4.69) is 31.9 Å². The summed E-state index contributed by atoms with van der Waals surface area (Å²) in [5.74, 6) is 0.0957. The number of benzene rings is 1. The number of carbonyl (C=O) groups is 1. The molecule has 0 bridgehead atoms. The lowest BCUT2D eigenvalue weighted by molar-refractivity contribution is -0.113. The van der Waals surface area contributed by atoms with Gasteiger partial charge in [0.2, 0.25) is 11.1 Å². The van der Waals surface area contributed by atoms with E-state index in [1.807, 2.05) is 19.1 Å².